The van der Waals surface area contributed by atoms with Crippen molar-refractivity contribution in [2.45, 2.75) is 58.5 Å². The average molecular weight is 409 g/mol. The molecular formula is C22H37ClN4O. The van der Waals surface area contributed by atoms with Gasteiger partial charge in [-0.05, 0) is 56.2 Å². The van der Waals surface area contributed by atoms with Gasteiger partial charge in [-0.1, -0.05) is 37.1 Å². The van der Waals surface area contributed by atoms with Crippen molar-refractivity contribution in [2.24, 2.45) is 10.9 Å². The molecule has 0 aliphatic carbocycles. The molecule has 0 saturated carbocycles. The van der Waals surface area contributed by atoms with Crippen LogP contribution in [0.25, 0.3) is 0 Å². The smallest absolute Gasteiger partial charge is 0.191 e. The molecule has 28 heavy (non-hydrogen) atoms. The molecule has 3 N–H and O–H groups in total. The first kappa shape index (κ1) is 23.0. The van der Waals surface area contributed by atoms with Gasteiger partial charge in [-0.3, -0.25) is 9.89 Å². The summed E-state index contributed by atoms with van der Waals surface area (Å²) >= 11 is 5.98. The molecule has 1 aliphatic rings. The van der Waals surface area contributed by atoms with Crippen molar-refractivity contribution in [1.82, 2.24) is 15.5 Å². The zero-order valence-electron chi connectivity index (χ0n) is 17.5. The van der Waals surface area contributed by atoms with Crippen LogP contribution in [0.3, 0.4) is 0 Å². The van der Waals surface area contributed by atoms with Crippen molar-refractivity contribution >= 4 is 17.6 Å². The molecule has 1 unspecified atom stereocenters. The van der Waals surface area contributed by atoms with Gasteiger partial charge >= 0.3 is 0 Å². The van der Waals surface area contributed by atoms with Crippen molar-refractivity contribution in [2.75, 3.05) is 32.8 Å². The largest absolute Gasteiger partial charge is 0.396 e. The van der Waals surface area contributed by atoms with Crippen LogP contribution in [0.4, 0.5) is 0 Å². The Morgan fingerprint density at radius 2 is 1.93 bits per heavy atom. The summed E-state index contributed by atoms with van der Waals surface area (Å²) in [7, 11) is 0. The highest BCUT2D eigenvalue weighted by molar-refractivity contribution is 6.30. The Labute approximate surface area is 175 Å². The summed E-state index contributed by atoms with van der Waals surface area (Å²) in [4.78, 5) is 7.30. The van der Waals surface area contributed by atoms with E-state index in [1.54, 1.807) is 0 Å². The van der Waals surface area contributed by atoms with Gasteiger partial charge in [0.2, 0.25) is 0 Å². The molecule has 5 nitrogen and oxygen atoms in total. The van der Waals surface area contributed by atoms with Crippen molar-refractivity contribution < 1.29 is 5.11 Å². The van der Waals surface area contributed by atoms with E-state index in [9.17, 15) is 5.11 Å². The Balaban J connectivity index is 1.80. The van der Waals surface area contributed by atoms with Gasteiger partial charge in [0, 0.05) is 50.4 Å². The number of benzene rings is 1. The van der Waals surface area contributed by atoms with Crippen LogP contribution in [0.5, 0.6) is 0 Å². The normalized spacial score (nSPS) is 17.5. The van der Waals surface area contributed by atoms with Crippen molar-refractivity contribution in [3.05, 3.63) is 34.9 Å². The molecule has 0 bridgehead atoms. The number of aliphatic imine (C=N–C) groups is 1. The van der Waals surface area contributed by atoms with E-state index in [1.165, 1.54) is 5.56 Å². The Morgan fingerprint density at radius 3 is 2.54 bits per heavy atom. The lowest BCUT2D eigenvalue weighted by molar-refractivity contribution is 0.198. The van der Waals surface area contributed by atoms with Crippen LogP contribution < -0.4 is 10.6 Å². The third-order valence-corrected chi connectivity index (χ3v) is 5.59. The molecule has 1 aromatic rings. The molecule has 0 spiro atoms. The molecule has 0 amide bonds. The molecule has 1 fully saturated rings. The maximum absolute atomic E-state index is 9.25. The summed E-state index contributed by atoms with van der Waals surface area (Å²) in [5, 5.41) is 17.0. The van der Waals surface area contributed by atoms with Crippen molar-refractivity contribution in [3.63, 3.8) is 0 Å². The molecular weight excluding hydrogens is 372 g/mol. The van der Waals surface area contributed by atoms with E-state index >= 15 is 0 Å². The Morgan fingerprint density at radius 1 is 1.21 bits per heavy atom. The van der Waals surface area contributed by atoms with Gasteiger partial charge in [-0.15, -0.1) is 0 Å². The number of guanidine groups is 1. The van der Waals surface area contributed by atoms with Crippen LogP contribution in [0.1, 0.15) is 51.5 Å². The second-order valence-electron chi connectivity index (χ2n) is 7.71. The van der Waals surface area contributed by atoms with Gasteiger partial charge in [-0.2, -0.15) is 0 Å². The zero-order valence-corrected chi connectivity index (χ0v) is 18.2. The van der Waals surface area contributed by atoms with E-state index < -0.39 is 0 Å². The van der Waals surface area contributed by atoms with E-state index in [0.29, 0.717) is 12.0 Å². The van der Waals surface area contributed by atoms with E-state index in [1.807, 2.05) is 12.1 Å². The third kappa shape index (κ3) is 8.38. The van der Waals surface area contributed by atoms with Crippen LogP contribution in [0.2, 0.25) is 5.02 Å². The molecule has 0 aromatic heterocycles. The second-order valence-corrected chi connectivity index (χ2v) is 8.14. The zero-order chi connectivity index (χ0) is 20.2. The van der Waals surface area contributed by atoms with Crippen LogP contribution in [-0.2, 0) is 6.54 Å². The van der Waals surface area contributed by atoms with Crippen molar-refractivity contribution in [3.8, 4) is 0 Å². The number of hydrogen-bond donors (Lipinski definition) is 3. The number of rotatable bonds is 10. The molecule has 0 radical (unpaired) electrons. The highest BCUT2D eigenvalue weighted by Crippen LogP contribution is 2.16. The molecule has 1 heterocycles. The Hall–Kier alpha value is -1.30. The van der Waals surface area contributed by atoms with Gasteiger partial charge in [0.1, 0.15) is 0 Å². The number of nitrogens with zero attached hydrogens (tertiary/aromatic N) is 2. The average Bonchev–Trinajstić information content (AvgIpc) is 2.70. The van der Waals surface area contributed by atoms with E-state index in [4.69, 9.17) is 16.6 Å². The van der Waals surface area contributed by atoms with Crippen LogP contribution in [0.15, 0.2) is 29.3 Å². The topological polar surface area (TPSA) is 59.9 Å². The Kier molecular flexibility index (Phi) is 10.7. The lowest BCUT2D eigenvalue weighted by Crippen LogP contribution is -2.48. The van der Waals surface area contributed by atoms with Crippen LogP contribution >= 0.6 is 11.6 Å². The molecule has 1 aromatic carbocycles. The van der Waals surface area contributed by atoms with E-state index in [0.717, 1.165) is 75.8 Å². The number of aliphatic hydroxyl groups is 1. The quantitative estimate of drug-likeness (QED) is 0.408. The first-order valence-electron chi connectivity index (χ1n) is 10.8. The fraction of sp³-hybridized carbons (Fsp3) is 0.682. The van der Waals surface area contributed by atoms with Gasteiger partial charge in [0.25, 0.3) is 0 Å². The van der Waals surface area contributed by atoms with Crippen molar-refractivity contribution in [1.29, 1.82) is 0 Å². The van der Waals surface area contributed by atoms with Gasteiger partial charge in [0.15, 0.2) is 5.96 Å². The maximum atomic E-state index is 9.25. The lowest BCUT2D eigenvalue weighted by Gasteiger charge is -2.33. The number of halogens is 1. The van der Waals surface area contributed by atoms with Gasteiger partial charge in [0.05, 0.1) is 0 Å². The Bertz CT molecular complexity index is 564. The molecule has 158 valence electrons. The first-order valence-corrected chi connectivity index (χ1v) is 11.1. The minimum absolute atomic E-state index is 0.246. The third-order valence-electron chi connectivity index (χ3n) is 5.33. The summed E-state index contributed by atoms with van der Waals surface area (Å²) in [5.74, 6) is 1.38. The van der Waals surface area contributed by atoms with Crippen LogP contribution in [0, 0.1) is 5.92 Å². The molecule has 1 aliphatic heterocycles. The predicted octanol–water partition coefficient (Wildman–Crippen LogP) is 3.66. The molecule has 2 rings (SSSR count). The highest BCUT2D eigenvalue weighted by Gasteiger charge is 2.20. The van der Waals surface area contributed by atoms with Crippen LogP contribution in [-0.4, -0.2) is 54.8 Å². The number of hydrogen-bond acceptors (Lipinski definition) is 3. The summed E-state index contributed by atoms with van der Waals surface area (Å²) in [5.41, 5.74) is 1.32. The summed E-state index contributed by atoms with van der Waals surface area (Å²) in [6.07, 6.45) is 5.32. The molecule has 6 heteroatoms. The van der Waals surface area contributed by atoms with Gasteiger partial charge < -0.3 is 15.7 Å². The second kappa shape index (κ2) is 13.0. The summed E-state index contributed by atoms with van der Waals surface area (Å²) in [6, 6.07) is 8.62. The SMILES string of the molecule is CCCC(CCO)CN=C(NCC)NC1CCN(Cc2ccc(Cl)cc2)CC1. The summed E-state index contributed by atoms with van der Waals surface area (Å²) < 4.78 is 0. The maximum Gasteiger partial charge on any atom is 0.191 e. The highest BCUT2D eigenvalue weighted by atomic mass is 35.5. The number of likely N-dealkylation sites (tertiary alicyclic amines) is 1. The fourth-order valence-electron chi connectivity index (χ4n) is 3.73. The minimum atomic E-state index is 0.246. The number of piperidine rings is 1. The number of nitrogens with one attached hydrogen (secondary N) is 2. The van der Waals surface area contributed by atoms with E-state index in [-0.39, 0.29) is 6.61 Å². The molecule has 1 saturated heterocycles. The predicted molar refractivity (Wildman–Crippen MR) is 119 cm³/mol. The molecule has 1 atom stereocenters. The summed E-state index contributed by atoms with van der Waals surface area (Å²) in [6.45, 7) is 9.33. The van der Waals surface area contributed by atoms with E-state index in [2.05, 4.69) is 41.5 Å². The standard InChI is InChI=1S/C22H37ClN4O/c1-3-5-18(12-15-28)16-25-22(24-4-2)26-21-10-13-27(14-11-21)17-19-6-8-20(23)9-7-19/h6-9,18,21,28H,3-5,10-17H2,1-2H3,(H2,24,25,26). The number of aliphatic hydroxyl groups excluding tert-OH is 1. The van der Waals surface area contributed by atoms with Gasteiger partial charge in [-0.25, -0.2) is 0 Å². The fourth-order valence-corrected chi connectivity index (χ4v) is 3.86. The first-order chi connectivity index (χ1) is 13.6. The minimum Gasteiger partial charge on any atom is -0.396 e. The lowest BCUT2D eigenvalue weighted by atomic mass is 10.0. The monoisotopic (exact) mass is 408 g/mol.